The number of benzene rings is 1. The van der Waals surface area contributed by atoms with E-state index in [0.29, 0.717) is 18.1 Å². The normalized spacial score (nSPS) is 12.4. The standard InChI is InChI=1S/C14H14N4O2/c15-11(8-9-3-5-10(19)6-4-9)14-17-13(18-20-14)12-2-1-7-16-12/h1-7,11,16,19H,8,15H2/t11-/m1/s1. The van der Waals surface area contributed by atoms with Crippen molar-refractivity contribution in [1.82, 2.24) is 15.1 Å². The molecule has 0 radical (unpaired) electrons. The van der Waals surface area contributed by atoms with Crippen molar-refractivity contribution in [2.24, 2.45) is 5.73 Å². The highest BCUT2D eigenvalue weighted by Crippen LogP contribution is 2.19. The Kier molecular flexibility index (Phi) is 3.22. The molecule has 1 aromatic carbocycles. The Bertz CT molecular complexity index is 674. The third-order valence-corrected chi connectivity index (χ3v) is 2.99. The molecule has 4 N–H and O–H groups in total. The number of hydrogen-bond acceptors (Lipinski definition) is 5. The molecular weight excluding hydrogens is 256 g/mol. The highest BCUT2D eigenvalue weighted by atomic mass is 16.5. The zero-order valence-corrected chi connectivity index (χ0v) is 10.7. The highest BCUT2D eigenvalue weighted by Gasteiger charge is 2.16. The van der Waals surface area contributed by atoms with Gasteiger partial charge in [0.1, 0.15) is 5.75 Å². The highest BCUT2D eigenvalue weighted by molar-refractivity contribution is 5.47. The van der Waals surface area contributed by atoms with E-state index < -0.39 is 0 Å². The van der Waals surface area contributed by atoms with Gasteiger partial charge in [-0.25, -0.2) is 0 Å². The van der Waals surface area contributed by atoms with E-state index in [0.717, 1.165) is 11.3 Å². The van der Waals surface area contributed by atoms with Crippen LogP contribution in [0, 0.1) is 0 Å². The molecule has 0 unspecified atom stereocenters. The third-order valence-electron chi connectivity index (χ3n) is 2.99. The smallest absolute Gasteiger partial charge is 0.244 e. The first-order chi connectivity index (χ1) is 9.72. The van der Waals surface area contributed by atoms with Gasteiger partial charge in [-0.2, -0.15) is 4.98 Å². The second-order valence-electron chi connectivity index (χ2n) is 4.52. The van der Waals surface area contributed by atoms with Gasteiger partial charge in [0.15, 0.2) is 0 Å². The Balaban J connectivity index is 1.74. The minimum absolute atomic E-state index is 0.231. The molecule has 2 aromatic heterocycles. The molecule has 0 amide bonds. The third kappa shape index (κ3) is 2.55. The first-order valence-electron chi connectivity index (χ1n) is 6.23. The number of nitrogens with zero attached hydrogens (tertiary/aromatic N) is 2. The van der Waals surface area contributed by atoms with Gasteiger partial charge >= 0.3 is 0 Å². The molecule has 0 aliphatic rings. The van der Waals surface area contributed by atoms with Crippen LogP contribution in [0.5, 0.6) is 5.75 Å². The van der Waals surface area contributed by atoms with Crippen LogP contribution < -0.4 is 5.73 Å². The van der Waals surface area contributed by atoms with E-state index in [4.69, 9.17) is 10.3 Å². The van der Waals surface area contributed by atoms with Crippen molar-refractivity contribution in [2.75, 3.05) is 0 Å². The number of rotatable bonds is 4. The predicted molar refractivity (Wildman–Crippen MR) is 72.8 cm³/mol. The Morgan fingerprint density at radius 2 is 2.05 bits per heavy atom. The van der Waals surface area contributed by atoms with Gasteiger partial charge in [-0.15, -0.1) is 0 Å². The fourth-order valence-corrected chi connectivity index (χ4v) is 1.94. The molecule has 3 rings (SSSR count). The quantitative estimate of drug-likeness (QED) is 0.673. The maximum absolute atomic E-state index is 9.24. The first-order valence-corrected chi connectivity index (χ1v) is 6.23. The summed E-state index contributed by atoms with van der Waals surface area (Å²) < 4.78 is 5.19. The van der Waals surface area contributed by atoms with Crippen molar-refractivity contribution in [1.29, 1.82) is 0 Å². The maximum atomic E-state index is 9.24. The van der Waals surface area contributed by atoms with E-state index in [1.165, 1.54) is 0 Å². The number of nitrogens with two attached hydrogens (primary N) is 1. The van der Waals surface area contributed by atoms with Crippen LogP contribution in [0.3, 0.4) is 0 Å². The number of phenolic OH excluding ortho intramolecular Hbond substituents is 1. The lowest BCUT2D eigenvalue weighted by molar-refractivity contribution is 0.354. The van der Waals surface area contributed by atoms with Gasteiger partial charge in [-0.1, -0.05) is 17.3 Å². The largest absolute Gasteiger partial charge is 0.508 e. The van der Waals surface area contributed by atoms with Crippen molar-refractivity contribution in [3.8, 4) is 17.3 Å². The van der Waals surface area contributed by atoms with Crippen LogP contribution in [0.4, 0.5) is 0 Å². The Labute approximate surface area is 115 Å². The van der Waals surface area contributed by atoms with Crippen LogP contribution in [-0.2, 0) is 6.42 Å². The number of aromatic nitrogens is 3. The molecule has 3 aromatic rings. The topological polar surface area (TPSA) is 101 Å². The van der Waals surface area contributed by atoms with E-state index in [2.05, 4.69) is 15.1 Å². The molecule has 6 heteroatoms. The molecule has 0 aliphatic carbocycles. The van der Waals surface area contributed by atoms with Crippen molar-refractivity contribution < 1.29 is 9.63 Å². The van der Waals surface area contributed by atoms with Crippen molar-refractivity contribution in [3.05, 3.63) is 54.0 Å². The van der Waals surface area contributed by atoms with Gasteiger partial charge in [0.05, 0.1) is 11.7 Å². The lowest BCUT2D eigenvalue weighted by atomic mass is 10.1. The van der Waals surface area contributed by atoms with Gasteiger partial charge < -0.3 is 20.3 Å². The number of aromatic hydroxyl groups is 1. The summed E-state index contributed by atoms with van der Waals surface area (Å²) in [7, 11) is 0. The number of phenols is 1. The Hall–Kier alpha value is -2.60. The van der Waals surface area contributed by atoms with Crippen LogP contribution in [-0.4, -0.2) is 20.2 Å². The van der Waals surface area contributed by atoms with Crippen molar-refractivity contribution >= 4 is 0 Å². The van der Waals surface area contributed by atoms with Gasteiger partial charge in [-0.3, -0.25) is 0 Å². The van der Waals surface area contributed by atoms with Crippen molar-refractivity contribution in [2.45, 2.75) is 12.5 Å². The molecule has 0 fully saturated rings. The summed E-state index contributed by atoms with van der Waals surface area (Å²) in [4.78, 5) is 7.29. The molecule has 0 spiro atoms. The van der Waals surface area contributed by atoms with Crippen LogP contribution in [0.1, 0.15) is 17.5 Å². The fourth-order valence-electron chi connectivity index (χ4n) is 1.94. The van der Waals surface area contributed by atoms with Crippen LogP contribution in [0.15, 0.2) is 47.1 Å². The summed E-state index contributed by atoms with van der Waals surface area (Å²) in [6, 6.07) is 10.2. The Morgan fingerprint density at radius 3 is 2.75 bits per heavy atom. The maximum Gasteiger partial charge on any atom is 0.244 e. The van der Waals surface area contributed by atoms with Crippen LogP contribution in [0.2, 0.25) is 0 Å². The second-order valence-corrected chi connectivity index (χ2v) is 4.52. The van der Waals surface area contributed by atoms with Crippen LogP contribution in [0.25, 0.3) is 11.5 Å². The van der Waals surface area contributed by atoms with Gasteiger partial charge in [0, 0.05) is 6.20 Å². The van der Waals surface area contributed by atoms with E-state index in [9.17, 15) is 5.11 Å². The fraction of sp³-hybridized carbons (Fsp3) is 0.143. The summed E-state index contributed by atoms with van der Waals surface area (Å²) in [6.07, 6.45) is 2.36. The summed E-state index contributed by atoms with van der Waals surface area (Å²) in [5.74, 6) is 1.11. The Morgan fingerprint density at radius 1 is 1.25 bits per heavy atom. The number of nitrogens with one attached hydrogen (secondary N) is 1. The molecule has 0 saturated heterocycles. The number of hydrogen-bond donors (Lipinski definition) is 3. The number of H-pyrrole nitrogens is 1. The van der Waals surface area contributed by atoms with Gasteiger partial charge in [-0.05, 0) is 36.2 Å². The average Bonchev–Trinajstić information content (AvgIpc) is 3.11. The lowest BCUT2D eigenvalue weighted by Gasteiger charge is -2.06. The monoisotopic (exact) mass is 270 g/mol. The zero-order chi connectivity index (χ0) is 13.9. The zero-order valence-electron chi connectivity index (χ0n) is 10.7. The molecule has 0 saturated carbocycles. The molecular formula is C14H14N4O2. The summed E-state index contributed by atoms with van der Waals surface area (Å²) >= 11 is 0. The van der Waals surface area contributed by atoms with E-state index in [1.54, 1.807) is 18.3 Å². The van der Waals surface area contributed by atoms with Crippen LogP contribution >= 0.6 is 0 Å². The molecule has 0 bridgehead atoms. The van der Waals surface area contributed by atoms with Crippen molar-refractivity contribution in [3.63, 3.8) is 0 Å². The average molecular weight is 270 g/mol. The molecule has 1 atom stereocenters. The minimum atomic E-state index is -0.379. The molecule has 0 aliphatic heterocycles. The lowest BCUT2D eigenvalue weighted by Crippen LogP contribution is -2.13. The van der Waals surface area contributed by atoms with E-state index in [-0.39, 0.29) is 11.8 Å². The summed E-state index contributed by atoms with van der Waals surface area (Å²) in [5, 5.41) is 13.1. The molecule has 20 heavy (non-hydrogen) atoms. The molecule has 102 valence electrons. The van der Waals surface area contributed by atoms with E-state index >= 15 is 0 Å². The molecule has 2 heterocycles. The minimum Gasteiger partial charge on any atom is -0.508 e. The summed E-state index contributed by atoms with van der Waals surface area (Å²) in [6.45, 7) is 0. The van der Waals surface area contributed by atoms with Gasteiger partial charge in [0.25, 0.3) is 0 Å². The predicted octanol–water partition coefficient (Wildman–Crippen LogP) is 2.01. The molecule has 6 nitrogen and oxygen atoms in total. The van der Waals surface area contributed by atoms with E-state index in [1.807, 2.05) is 24.3 Å². The van der Waals surface area contributed by atoms with Gasteiger partial charge in [0.2, 0.25) is 11.7 Å². The summed E-state index contributed by atoms with van der Waals surface area (Å²) in [5.41, 5.74) is 7.85. The number of aromatic amines is 1. The SMILES string of the molecule is N[C@H](Cc1ccc(O)cc1)c1nc(-c2ccc[nH]2)no1. The second kappa shape index (κ2) is 5.18. The first kappa shape index (κ1) is 12.4.